The molecular weight excluding hydrogens is 1160 g/mol. The van der Waals surface area contributed by atoms with Crippen LogP contribution in [0, 0.1) is 0 Å². The van der Waals surface area contributed by atoms with Crippen molar-refractivity contribution in [3.05, 3.63) is 326 Å². The van der Waals surface area contributed by atoms with Crippen molar-refractivity contribution in [1.29, 1.82) is 0 Å². The third-order valence-corrected chi connectivity index (χ3v) is 19.9. The van der Waals surface area contributed by atoms with Crippen LogP contribution >= 0.6 is 15.9 Å². The maximum Gasteiger partial charge on any atom is 0.0553 e. The standard InChI is InChI=1S/C44H26BrN.C44H27N/c45-29-23-24-37-35(25-29)42-33-21-12-22-34-41(33)36(26-38(42)46(37)30-17-8-3-9-18-30)44-40(28-15-6-2-7-16-28)32-20-11-10-19-31(32)39(43(34)44)27-13-4-1-5-14-27;1-4-15-28(16-5-1)39-31-21-10-11-22-32(31)40(29-17-6-2-7-18-29)44-36-27-38-42(34-24-14-25-35(41(34)36)43(39)44)33-23-12-13-26-37(33)45(38)30-19-8-3-9-20-30/h1-26H;1-27H. The summed E-state index contributed by atoms with van der Waals surface area (Å²) >= 11 is 3.80. The Labute approximate surface area is 534 Å². The SMILES string of the molecule is Brc1ccc2c(c1)c1c3cccc4c3c(cc1n2-c1ccccc1)-c1c-4c(-c2ccccc2)c2ccccc2c1-c1ccccc1.c1ccc(-c2c3c(c(-c4ccccc4)c4ccccc24)-c2cc4c(c5cccc-3c25)c2ccccc2n4-c2ccccc2)cc1. The van der Waals surface area contributed by atoms with E-state index in [4.69, 9.17) is 0 Å². The number of halogens is 1. The second kappa shape index (κ2) is 20.3. The predicted octanol–water partition coefficient (Wildman–Crippen LogP) is 24.9. The van der Waals surface area contributed by atoms with Gasteiger partial charge in [-0.15, -0.1) is 0 Å². The Bertz CT molecular complexity index is 6030. The Balaban J connectivity index is 0.000000131. The number of aromatic nitrogens is 2. The molecule has 16 aromatic carbocycles. The molecule has 2 aromatic heterocycles. The summed E-state index contributed by atoms with van der Waals surface area (Å²) in [5, 5.41) is 15.6. The molecule has 0 amide bonds. The summed E-state index contributed by atoms with van der Waals surface area (Å²) in [6.07, 6.45) is 0. The van der Waals surface area contributed by atoms with E-state index in [-0.39, 0.29) is 0 Å². The number of benzene rings is 16. The van der Waals surface area contributed by atoms with E-state index in [0.717, 1.165) is 10.2 Å². The fourth-order valence-electron chi connectivity index (χ4n) is 16.0. The first kappa shape index (κ1) is 51.7. The first-order valence-electron chi connectivity index (χ1n) is 31.4. The van der Waals surface area contributed by atoms with Gasteiger partial charge >= 0.3 is 0 Å². The van der Waals surface area contributed by atoms with Crippen molar-refractivity contribution < 1.29 is 0 Å². The molecule has 0 saturated heterocycles. The lowest BCUT2D eigenvalue weighted by Gasteiger charge is -2.20. The fourth-order valence-corrected chi connectivity index (χ4v) is 16.4. The number of hydrogen-bond donors (Lipinski definition) is 0. The smallest absolute Gasteiger partial charge is 0.0553 e. The van der Waals surface area contributed by atoms with Crippen molar-refractivity contribution >= 4 is 103 Å². The predicted molar refractivity (Wildman–Crippen MR) is 390 cm³/mol. The van der Waals surface area contributed by atoms with E-state index < -0.39 is 0 Å². The Morgan fingerprint density at radius 3 is 0.890 bits per heavy atom. The zero-order valence-corrected chi connectivity index (χ0v) is 51.0. The quantitative estimate of drug-likeness (QED) is 0.157. The highest BCUT2D eigenvalue weighted by atomic mass is 79.9. The highest BCUT2D eigenvalue weighted by molar-refractivity contribution is 9.10. The Kier molecular flexibility index (Phi) is 11.6. The van der Waals surface area contributed by atoms with Crippen molar-refractivity contribution in [3.63, 3.8) is 0 Å². The summed E-state index contributed by atoms with van der Waals surface area (Å²) in [6, 6.07) is 118. The van der Waals surface area contributed by atoms with E-state index in [2.05, 4.69) is 347 Å². The van der Waals surface area contributed by atoms with Crippen LogP contribution in [-0.4, -0.2) is 9.13 Å². The minimum absolute atomic E-state index is 1.09. The van der Waals surface area contributed by atoms with Gasteiger partial charge in [-0.25, -0.2) is 0 Å². The normalized spacial score (nSPS) is 12.0. The third-order valence-electron chi connectivity index (χ3n) is 19.4. The van der Waals surface area contributed by atoms with Gasteiger partial charge in [-0.2, -0.15) is 0 Å². The topological polar surface area (TPSA) is 9.86 Å². The number of para-hydroxylation sites is 3. The molecule has 91 heavy (non-hydrogen) atoms. The summed E-state index contributed by atoms with van der Waals surface area (Å²) in [5.74, 6) is 0. The van der Waals surface area contributed by atoms with Gasteiger partial charge in [-0.05, 0) is 193 Å². The van der Waals surface area contributed by atoms with Gasteiger partial charge in [0.05, 0.1) is 22.1 Å². The van der Waals surface area contributed by atoms with Gasteiger partial charge < -0.3 is 9.13 Å². The van der Waals surface area contributed by atoms with Crippen LogP contribution in [0.5, 0.6) is 0 Å². The molecule has 3 heteroatoms. The van der Waals surface area contributed by atoms with Gasteiger partial charge in [0.1, 0.15) is 0 Å². The highest BCUT2D eigenvalue weighted by Crippen LogP contribution is 2.61. The molecule has 2 nitrogen and oxygen atoms in total. The number of fused-ring (bicyclic) bond motifs is 16. The molecule has 0 saturated carbocycles. The van der Waals surface area contributed by atoms with Gasteiger partial charge in [-0.1, -0.05) is 277 Å². The second-order valence-corrected chi connectivity index (χ2v) is 25.1. The lowest BCUT2D eigenvalue weighted by molar-refractivity contribution is 1.18. The molecule has 2 aliphatic rings. The molecule has 0 bridgehead atoms. The molecule has 0 N–H and O–H groups in total. The maximum atomic E-state index is 3.80. The van der Waals surface area contributed by atoms with Crippen LogP contribution in [-0.2, 0) is 0 Å². The molecule has 2 aliphatic carbocycles. The molecule has 0 unspecified atom stereocenters. The van der Waals surface area contributed by atoms with Crippen LogP contribution in [0.1, 0.15) is 0 Å². The molecular formula is C88H53BrN2. The van der Waals surface area contributed by atoms with Gasteiger partial charge in [0.2, 0.25) is 0 Å². The molecule has 2 heterocycles. The van der Waals surface area contributed by atoms with Crippen molar-refractivity contribution in [3.8, 4) is 100 Å². The molecule has 0 spiro atoms. The van der Waals surface area contributed by atoms with Gasteiger partial charge in [-0.3, -0.25) is 0 Å². The molecule has 18 aromatic rings. The van der Waals surface area contributed by atoms with Gasteiger partial charge in [0.25, 0.3) is 0 Å². The van der Waals surface area contributed by atoms with Crippen LogP contribution in [0.15, 0.2) is 326 Å². The number of rotatable bonds is 6. The highest BCUT2D eigenvalue weighted by Gasteiger charge is 2.35. The Morgan fingerprint density at radius 1 is 0.187 bits per heavy atom. The molecule has 0 radical (unpaired) electrons. The van der Waals surface area contributed by atoms with Crippen LogP contribution in [0.3, 0.4) is 0 Å². The summed E-state index contributed by atoms with van der Waals surface area (Å²) in [5.41, 5.74) is 28.0. The zero-order valence-electron chi connectivity index (χ0n) is 49.4. The van der Waals surface area contributed by atoms with Gasteiger partial charge in [0, 0.05) is 37.4 Å². The van der Waals surface area contributed by atoms with E-state index in [0.29, 0.717) is 0 Å². The summed E-state index contributed by atoms with van der Waals surface area (Å²) in [6.45, 7) is 0. The van der Waals surface area contributed by atoms with Crippen LogP contribution < -0.4 is 0 Å². The molecule has 0 aliphatic heterocycles. The average Bonchev–Trinajstić information content (AvgIpc) is 1.54. The van der Waals surface area contributed by atoms with E-state index in [1.165, 1.54) is 181 Å². The van der Waals surface area contributed by atoms with E-state index in [9.17, 15) is 0 Å². The second-order valence-electron chi connectivity index (χ2n) is 24.2. The van der Waals surface area contributed by atoms with Gasteiger partial charge in [0.15, 0.2) is 0 Å². The first-order valence-corrected chi connectivity index (χ1v) is 32.2. The lowest BCUT2D eigenvalue weighted by atomic mass is 9.82. The van der Waals surface area contributed by atoms with Crippen molar-refractivity contribution in [1.82, 2.24) is 9.13 Å². The summed E-state index contributed by atoms with van der Waals surface area (Å²) < 4.78 is 5.98. The lowest BCUT2D eigenvalue weighted by Crippen LogP contribution is -1.94. The first-order chi connectivity index (χ1) is 45.2. The minimum atomic E-state index is 1.09. The van der Waals surface area contributed by atoms with Crippen LogP contribution in [0.2, 0.25) is 0 Å². The van der Waals surface area contributed by atoms with Crippen LogP contribution in [0.25, 0.3) is 187 Å². The monoisotopic (exact) mass is 1220 g/mol. The summed E-state index contributed by atoms with van der Waals surface area (Å²) in [4.78, 5) is 0. The Hall–Kier alpha value is -11.4. The average molecular weight is 1220 g/mol. The molecule has 20 rings (SSSR count). The largest absolute Gasteiger partial charge is 0.309 e. The van der Waals surface area contributed by atoms with E-state index >= 15 is 0 Å². The molecule has 0 atom stereocenters. The van der Waals surface area contributed by atoms with E-state index in [1.54, 1.807) is 0 Å². The Morgan fingerprint density at radius 2 is 0.495 bits per heavy atom. The van der Waals surface area contributed by atoms with Crippen molar-refractivity contribution in [2.45, 2.75) is 0 Å². The van der Waals surface area contributed by atoms with E-state index in [1.807, 2.05) is 0 Å². The molecule has 422 valence electrons. The minimum Gasteiger partial charge on any atom is -0.309 e. The zero-order chi connectivity index (χ0) is 59.8. The number of hydrogen-bond acceptors (Lipinski definition) is 0. The summed E-state index contributed by atoms with van der Waals surface area (Å²) in [7, 11) is 0. The third kappa shape index (κ3) is 7.59. The van der Waals surface area contributed by atoms with Crippen LogP contribution in [0.4, 0.5) is 0 Å². The fraction of sp³-hybridized carbons (Fsp3) is 0. The van der Waals surface area contributed by atoms with Crippen molar-refractivity contribution in [2.75, 3.05) is 0 Å². The number of nitrogens with zero attached hydrogens (tertiary/aromatic N) is 2. The van der Waals surface area contributed by atoms with Crippen molar-refractivity contribution in [2.24, 2.45) is 0 Å². The maximum absolute atomic E-state index is 3.80. The molecule has 0 fully saturated rings.